The van der Waals surface area contributed by atoms with Crippen LogP contribution in [0.1, 0.15) is 26.3 Å². The zero-order valence-electron chi connectivity index (χ0n) is 20.9. The molecule has 0 bridgehead atoms. The number of hydrogen-bond donors (Lipinski definition) is 1. The van der Waals surface area contributed by atoms with Gasteiger partial charge in [-0.15, -0.1) is 0 Å². The molecule has 0 radical (unpaired) electrons. The fourth-order valence-corrected chi connectivity index (χ4v) is 4.88. The molecule has 9 heteroatoms. The highest BCUT2D eigenvalue weighted by Gasteiger charge is 2.30. The molecule has 7 nitrogen and oxygen atoms in total. The van der Waals surface area contributed by atoms with Crippen molar-refractivity contribution in [1.82, 2.24) is 14.5 Å². The van der Waals surface area contributed by atoms with Crippen molar-refractivity contribution in [3.05, 3.63) is 78.1 Å². The third kappa shape index (κ3) is 6.47. The lowest BCUT2D eigenvalue weighted by Gasteiger charge is -2.30. The predicted molar refractivity (Wildman–Crippen MR) is 138 cm³/mol. The highest BCUT2D eigenvalue weighted by atomic mass is 32.2. The van der Waals surface area contributed by atoms with Crippen molar-refractivity contribution < 1.29 is 22.4 Å². The summed E-state index contributed by atoms with van der Waals surface area (Å²) < 4.78 is 41.8. The number of nitrogens with one attached hydrogen (secondary N) is 1. The van der Waals surface area contributed by atoms with Crippen molar-refractivity contribution in [2.24, 2.45) is 5.92 Å². The number of fused-ring (bicyclic) bond motifs is 1. The molecule has 3 aromatic carbocycles. The minimum absolute atomic E-state index is 0.0554. The van der Waals surface area contributed by atoms with Gasteiger partial charge in [0.05, 0.1) is 11.4 Å². The lowest BCUT2D eigenvalue weighted by atomic mass is 10.1. The maximum Gasteiger partial charge on any atom is 0.243 e. The quantitative estimate of drug-likeness (QED) is 0.447. The molecule has 0 aliphatic rings. The molecule has 192 valence electrons. The Hall–Kier alpha value is -3.30. The van der Waals surface area contributed by atoms with E-state index in [0.29, 0.717) is 6.54 Å². The van der Waals surface area contributed by atoms with Crippen molar-refractivity contribution in [3.8, 4) is 0 Å². The van der Waals surface area contributed by atoms with Crippen LogP contribution in [-0.4, -0.2) is 55.6 Å². The van der Waals surface area contributed by atoms with Gasteiger partial charge in [-0.1, -0.05) is 62.4 Å². The zero-order chi connectivity index (χ0) is 26.5. The van der Waals surface area contributed by atoms with Gasteiger partial charge in [-0.2, -0.15) is 4.31 Å². The Morgan fingerprint density at radius 3 is 2.25 bits per heavy atom. The van der Waals surface area contributed by atoms with Gasteiger partial charge >= 0.3 is 0 Å². The summed E-state index contributed by atoms with van der Waals surface area (Å²) in [6.07, 6.45) is 0. The van der Waals surface area contributed by atoms with Gasteiger partial charge in [-0.3, -0.25) is 9.59 Å². The molecule has 0 saturated carbocycles. The average Bonchev–Trinajstić information content (AvgIpc) is 2.85. The minimum atomic E-state index is -4.00. The summed E-state index contributed by atoms with van der Waals surface area (Å²) in [4.78, 5) is 27.4. The second-order valence-electron chi connectivity index (χ2n) is 9.20. The summed E-state index contributed by atoms with van der Waals surface area (Å²) in [5, 5.41) is 4.44. The molecule has 0 saturated heterocycles. The number of hydrogen-bond acceptors (Lipinski definition) is 4. The van der Waals surface area contributed by atoms with E-state index in [-0.39, 0.29) is 22.9 Å². The van der Waals surface area contributed by atoms with Crippen LogP contribution in [0.15, 0.2) is 71.6 Å². The van der Waals surface area contributed by atoms with Crippen LogP contribution in [-0.2, 0) is 26.2 Å². The van der Waals surface area contributed by atoms with Crippen LogP contribution in [0.2, 0.25) is 0 Å². The van der Waals surface area contributed by atoms with Gasteiger partial charge in [0.25, 0.3) is 0 Å². The smallest absolute Gasteiger partial charge is 0.243 e. The summed E-state index contributed by atoms with van der Waals surface area (Å²) in [5.74, 6) is -1.32. The van der Waals surface area contributed by atoms with Gasteiger partial charge in [0.1, 0.15) is 11.9 Å². The molecule has 1 atom stereocenters. The number of benzene rings is 3. The first-order chi connectivity index (χ1) is 17.0. The van der Waals surface area contributed by atoms with Gasteiger partial charge in [0, 0.05) is 25.7 Å². The summed E-state index contributed by atoms with van der Waals surface area (Å²) in [7, 11) is -2.68. The highest BCUT2D eigenvalue weighted by Crippen LogP contribution is 2.22. The van der Waals surface area contributed by atoms with E-state index in [0.717, 1.165) is 15.1 Å². The van der Waals surface area contributed by atoms with Crippen LogP contribution in [0.5, 0.6) is 0 Å². The Morgan fingerprint density at radius 1 is 0.944 bits per heavy atom. The molecule has 0 aromatic heterocycles. The summed E-state index contributed by atoms with van der Waals surface area (Å²) in [5.41, 5.74) is 0.231. The third-order valence-electron chi connectivity index (χ3n) is 5.94. The van der Waals surface area contributed by atoms with Crippen molar-refractivity contribution in [1.29, 1.82) is 0 Å². The number of nitrogens with zero attached hydrogens (tertiary/aromatic N) is 2. The molecular weight excluding hydrogens is 481 g/mol. The molecule has 0 spiro atoms. The Morgan fingerprint density at radius 2 is 1.58 bits per heavy atom. The van der Waals surface area contributed by atoms with Crippen molar-refractivity contribution in [3.63, 3.8) is 0 Å². The monoisotopic (exact) mass is 513 g/mol. The standard InChI is InChI=1S/C27H32FN3O4S/c1-19(2)16-29-27(33)20(3)31(17-23-11-7-8-12-25(23)28)26(32)18-30(4)36(34,35)24-14-13-21-9-5-6-10-22(21)15-24/h5-15,19-20H,16-18H2,1-4H3,(H,29,33)/t20-/m0/s1. The fraction of sp³-hybridized carbons (Fsp3) is 0.333. The third-order valence-corrected chi connectivity index (χ3v) is 7.74. The average molecular weight is 514 g/mol. The van der Waals surface area contributed by atoms with Crippen molar-refractivity contribution in [2.45, 2.75) is 38.3 Å². The first-order valence-electron chi connectivity index (χ1n) is 11.8. The molecule has 0 heterocycles. The van der Waals surface area contributed by atoms with Crippen LogP contribution >= 0.6 is 0 Å². The number of rotatable bonds is 10. The molecule has 1 N–H and O–H groups in total. The van der Waals surface area contributed by atoms with E-state index in [1.54, 1.807) is 25.1 Å². The normalized spacial score (nSPS) is 12.6. The van der Waals surface area contributed by atoms with E-state index >= 15 is 0 Å². The number of carbonyl (C=O) groups excluding carboxylic acids is 2. The van der Waals surface area contributed by atoms with Gasteiger partial charge in [0.2, 0.25) is 21.8 Å². The number of likely N-dealkylation sites (N-methyl/N-ethyl adjacent to an activating group) is 1. The lowest BCUT2D eigenvalue weighted by molar-refractivity contribution is -0.140. The number of sulfonamides is 1. The molecule has 2 amide bonds. The SMILES string of the molecule is CC(C)CNC(=O)[C@H](C)N(Cc1ccccc1F)C(=O)CN(C)S(=O)(=O)c1ccc2ccccc2c1. The number of amides is 2. The van der Waals surface area contributed by atoms with Gasteiger partial charge < -0.3 is 10.2 Å². The highest BCUT2D eigenvalue weighted by molar-refractivity contribution is 7.89. The zero-order valence-corrected chi connectivity index (χ0v) is 21.8. The summed E-state index contributed by atoms with van der Waals surface area (Å²) in [6.45, 7) is 5.17. The maximum atomic E-state index is 14.4. The summed E-state index contributed by atoms with van der Waals surface area (Å²) >= 11 is 0. The first kappa shape index (κ1) is 27.3. The van der Waals surface area contributed by atoms with E-state index in [1.165, 1.54) is 36.2 Å². The molecule has 36 heavy (non-hydrogen) atoms. The second-order valence-corrected chi connectivity index (χ2v) is 11.2. The Bertz CT molecular complexity index is 1340. The van der Waals surface area contributed by atoms with Gasteiger partial charge in [-0.25, -0.2) is 12.8 Å². The number of carbonyl (C=O) groups is 2. The molecule has 0 aliphatic carbocycles. The van der Waals surface area contributed by atoms with Gasteiger partial charge in [0.15, 0.2) is 0 Å². The van der Waals surface area contributed by atoms with Crippen molar-refractivity contribution >= 4 is 32.6 Å². The lowest BCUT2D eigenvalue weighted by Crippen LogP contribution is -2.51. The molecule has 3 aromatic rings. The molecule has 3 rings (SSSR count). The first-order valence-corrected chi connectivity index (χ1v) is 13.2. The van der Waals surface area contributed by atoms with Crippen molar-refractivity contribution in [2.75, 3.05) is 20.1 Å². The van der Waals surface area contributed by atoms with Crippen LogP contribution in [0.4, 0.5) is 4.39 Å². The van der Waals surface area contributed by atoms with Crippen LogP contribution in [0.3, 0.4) is 0 Å². The van der Waals surface area contributed by atoms with Crippen LogP contribution < -0.4 is 5.32 Å². The molecular formula is C27H32FN3O4S. The molecule has 0 fully saturated rings. The fourth-order valence-electron chi connectivity index (χ4n) is 3.72. The predicted octanol–water partition coefficient (Wildman–Crippen LogP) is 3.79. The van der Waals surface area contributed by atoms with Crippen LogP contribution in [0, 0.1) is 11.7 Å². The minimum Gasteiger partial charge on any atom is -0.354 e. The topological polar surface area (TPSA) is 86.8 Å². The van der Waals surface area contributed by atoms with E-state index in [4.69, 9.17) is 0 Å². The van der Waals surface area contributed by atoms with E-state index in [9.17, 15) is 22.4 Å². The number of halogens is 1. The molecule has 0 unspecified atom stereocenters. The van der Waals surface area contributed by atoms with Crippen LogP contribution in [0.25, 0.3) is 10.8 Å². The maximum absolute atomic E-state index is 14.4. The largest absolute Gasteiger partial charge is 0.354 e. The Kier molecular flexibility index (Phi) is 8.81. The Balaban J connectivity index is 1.84. The van der Waals surface area contributed by atoms with E-state index in [2.05, 4.69) is 5.32 Å². The van der Waals surface area contributed by atoms with E-state index < -0.39 is 40.2 Å². The molecule has 0 aliphatic heterocycles. The van der Waals surface area contributed by atoms with E-state index in [1.807, 2.05) is 38.1 Å². The second kappa shape index (κ2) is 11.6. The Labute approximate surface area is 212 Å². The van der Waals surface area contributed by atoms with Gasteiger partial charge in [-0.05, 0) is 41.8 Å². The summed E-state index contributed by atoms with van der Waals surface area (Å²) in [6, 6.07) is 17.2.